The molecule has 0 N–H and O–H groups in total. The van der Waals surface area contributed by atoms with Crippen LogP contribution in [0.4, 0.5) is 0 Å². The molecule has 2 nitrogen and oxygen atoms in total. The fourth-order valence-corrected chi connectivity index (χ4v) is 4.05. The molecule has 0 radical (unpaired) electrons. The maximum atomic E-state index is 6.33. The van der Waals surface area contributed by atoms with Crippen molar-refractivity contribution in [3.8, 4) is 0 Å². The van der Waals surface area contributed by atoms with Crippen molar-refractivity contribution in [3.05, 3.63) is 0 Å². The molecule has 1 aliphatic carbocycles. The summed E-state index contributed by atoms with van der Waals surface area (Å²) in [5, 5.41) is 0. The normalized spacial score (nSPS) is 34.8. The molecule has 20 heavy (non-hydrogen) atoms. The predicted molar refractivity (Wildman–Crippen MR) is 84.0 cm³/mol. The fourth-order valence-electron chi connectivity index (χ4n) is 4.05. The van der Waals surface area contributed by atoms with Crippen molar-refractivity contribution in [1.29, 1.82) is 0 Å². The summed E-state index contributed by atoms with van der Waals surface area (Å²) in [4.78, 5) is 0. The van der Waals surface area contributed by atoms with E-state index >= 15 is 0 Å². The molecule has 0 spiro atoms. The minimum Gasteiger partial charge on any atom is -0.379 e. The summed E-state index contributed by atoms with van der Waals surface area (Å²) >= 11 is 0. The average molecular weight is 282 g/mol. The zero-order chi connectivity index (χ0) is 14.2. The van der Waals surface area contributed by atoms with Gasteiger partial charge in [-0.05, 0) is 25.2 Å². The van der Waals surface area contributed by atoms with Crippen LogP contribution in [0.2, 0.25) is 0 Å². The van der Waals surface area contributed by atoms with E-state index in [1.165, 1.54) is 64.2 Å². The van der Waals surface area contributed by atoms with Crippen LogP contribution in [0.3, 0.4) is 0 Å². The van der Waals surface area contributed by atoms with Crippen molar-refractivity contribution in [1.82, 2.24) is 0 Å². The number of hydrogen-bond acceptors (Lipinski definition) is 2. The van der Waals surface area contributed by atoms with Crippen LogP contribution in [0.25, 0.3) is 0 Å². The zero-order valence-corrected chi connectivity index (χ0v) is 13.6. The van der Waals surface area contributed by atoms with Crippen LogP contribution in [0.5, 0.6) is 0 Å². The van der Waals surface area contributed by atoms with Gasteiger partial charge >= 0.3 is 0 Å². The Labute approximate surface area is 125 Å². The number of hydrogen-bond donors (Lipinski definition) is 0. The molecular formula is C18H34O2. The molecule has 1 aliphatic heterocycles. The van der Waals surface area contributed by atoms with Crippen LogP contribution in [0.1, 0.15) is 84.0 Å². The second kappa shape index (κ2) is 9.04. The van der Waals surface area contributed by atoms with Crippen LogP contribution in [-0.2, 0) is 9.47 Å². The van der Waals surface area contributed by atoms with E-state index in [0.29, 0.717) is 18.3 Å². The first-order valence-corrected chi connectivity index (χ1v) is 9.03. The van der Waals surface area contributed by atoms with Crippen LogP contribution in [0.15, 0.2) is 0 Å². The van der Waals surface area contributed by atoms with Crippen LogP contribution in [0, 0.1) is 5.92 Å². The summed E-state index contributed by atoms with van der Waals surface area (Å²) < 4.78 is 12.0. The lowest BCUT2D eigenvalue weighted by atomic mass is 9.88. The highest BCUT2D eigenvalue weighted by atomic mass is 16.6. The molecular weight excluding hydrogens is 248 g/mol. The van der Waals surface area contributed by atoms with Crippen molar-refractivity contribution in [3.63, 3.8) is 0 Å². The van der Waals surface area contributed by atoms with Gasteiger partial charge in [0, 0.05) is 13.5 Å². The third-order valence-electron chi connectivity index (χ3n) is 5.36. The van der Waals surface area contributed by atoms with E-state index in [2.05, 4.69) is 6.92 Å². The quantitative estimate of drug-likeness (QED) is 0.717. The number of ether oxygens (including phenoxy) is 2. The van der Waals surface area contributed by atoms with Gasteiger partial charge in [0.05, 0.1) is 18.3 Å². The third-order valence-corrected chi connectivity index (χ3v) is 5.36. The van der Waals surface area contributed by atoms with E-state index < -0.39 is 0 Å². The number of rotatable bonds is 3. The third kappa shape index (κ3) is 4.73. The summed E-state index contributed by atoms with van der Waals surface area (Å²) in [6, 6.07) is 0. The average Bonchev–Trinajstić information content (AvgIpc) is 2.86. The van der Waals surface area contributed by atoms with Crippen molar-refractivity contribution in [2.75, 3.05) is 7.11 Å². The van der Waals surface area contributed by atoms with Crippen molar-refractivity contribution in [2.45, 2.75) is 102 Å². The van der Waals surface area contributed by atoms with Gasteiger partial charge in [-0.2, -0.15) is 0 Å². The molecule has 2 rings (SSSR count). The Hall–Kier alpha value is -0.0800. The van der Waals surface area contributed by atoms with Crippen molar-refractivity contribution < 1.29 is 9.47 Å². The Bertz CT molecular complexity index is 230. The summed E-state index contributed by atoms with van der Waals surface area (Å²) in [6.07, 6.45) is 17.5. The maximum absolute atomic E-state index is 6.33. The molecule has 3 atom stereocenters. The van der Waals surface area contributed by atoms with Crippen molar-refractivity contribution in [2.24, 2.45) is 5.92 Å². The topological polar surface area (TPSA) is 18.5 Å². The van der Waals surface area contributed by atoms with E-state index in [4.69, 9.17) is 9.47 Å². The second-order valence-corrected chi connectivity index (χ2v) is 6.80. The van der Waals surface area contributed by atoms with Crippen molar-refractivity contribution >= 4 is 0 Å². The highest BCUT2D eigenvalue weighted by Gasteiger charge is 2.37. The molecule has 0 aromatic carbocycles. The molecule has 2 heteroatoms. The van der Waals surface area contributed by atoms with Gasteiger partial charge < -0.3 is 9.47 Å². The van der Waals surface area contributed by atoms with Crippen LogP contribution in [-0.4, -0.2) is 25.4 Å². The minimum atomic E-state index is 0.336. The van der Waals surface area contributed by atoms with E-state index in [0.717, 1.165) is 18.8 Å². The molecule has 1 unspecified atom stereocenters. The molecule has 1 saturated heterocycles. The summed E-state index contributed by atoms with van der Waals surface area (Å²) in [7, 11) is 1.84. The first-order valence-electron chi connectivity index (χ1n) is 9.03. The highest BCUT2D eigenvalue weighted by molar-refractivity contribution is 4.86. The fraction of sp³-hybridized carbons (Fsp3) is 1.00. The first-order chi connectivity index (χ1) is 9.85. The van der Waals surface area contributed by atoms with Gasteiger partial charge in [-0.3, -0.25) is 0 Å². The molecule has 0 bridgehead atoms. The molecule has 0 aromatic heterocycles. The first kappa shape index (κ1) is 16.3. The lowest BCUT2D eigenvalue weighted by Gasteiger charge is -2.23. The lowest BCUT2D eigenvalue weighted by molar-refractivity contribution is -0.0256. The van der Waals surface area contributed by atoms with E-state index in [1.807, 2.05) is 7.11 Å². The van der Waals surface area contributed by atoms with Gasteiger partial charge in [0.25, 0.3) is 0 Å². The molecule has 2 fully saturated rings. The maximum Gasteiger partial charge on any atom is 0.0857 e. The molecule has 1 heterocycles. The molecule has 0 amide bonds. The Kier molecular flexibility index (Phi) is 7.37. The summed E-state index contributed by atoms with van der Waals surface area (Å²) in [5.74, 6) is 0.780. The van der Waals surface area contributed by atoms with Gasteiger partial charge in [0.1, 0.15) is 0 Å². The lowest BCUT2D eigenvalue weighted by Crippen LogP contribution is -2.22. The summed E-state index contributed by atoms with van der Waals surface area (Å²) in [6.45, 7) is 2.22. The Morgan fingerprint density at radius 3 is 1.90 bits per heavy atom. The molecule has 2 aliphatic rings. The van der Waals surface area contributed by atoms with Gasteiger partial charge in [-0.15, -0.1) is 0 Å². The molecule has 0 aromatic rings. The number of methoxy groups -OCH3 is 1. The van der Waals surface area contributed by atoms with E-state index in [-0.39, 0.29) is 0 Å². The van der Waals surface area contributed by atoms with Gasteiger partial charge in [-0.1, -0.05) is 58.3 Å². The van der Waals surface area contributed by atoms with E-state index in [1.54, 1.807) is 0 Å². The van der Waals surface area contributed by atoms with Gasteiger partial charge in [0.2, 0.25) is 0 Å². The monoisotopic (exact) mass is 282 g/mol. The zero-order valence-electron chi connectivity index (χ0n) is 13.6. The summed E-state index contributed by atoms with van der Waals surface area (Å²) in [5.41, 5.74) is 0. The van der Waals surface area contributed by atoms with Crippen LogP contribution < -0.4 is 0 Å². The Balaban J connectivity index is 1.87. The molecule has 118 valence electrons. The largest absolute Gasteiger partial charge is 0.379 e. The Morgan fingerprint density at radius 1 is 0.900 bits per heavy atom. The van der Waals surface area contributed by atoms with Gasteiger partial charge in [0.15, 0.2) is 0 Å². The molecule has 1 saturated carbocycles. The minimum absolute atomic E-state index is 0.336. The van der Waals surface area contributed by atoms with E-state index in [9.17, 15) is 0 Å². The highest BCUT2D eigenvalue weighted by Crippen LogP contribution is 2.34. The van der Waals surface area contributed by atoms with Gasteiger partial charge in [-0.25, -0.2) is 0 Å². The predicted octanol–water partition coefficient (Wildman–Crippen LogP) is 5.10. The SMILES string of the molecule is CCC1O[C@@H](C2CCCCCCCCCC2)C[C@H]1OC. The smallest absolute Gasteiger partial charge is 0.0857 e. The second-order valence-electron chi connectivity index (χ2n) is 6.80. The Morgan fingerprint density at radius 2 is 1.45 bits per heavy atom. The standard InChI is InChI=1S/C18H34O2/c1-3-16-18(19-2)14-17(20-16)15-12-10-8-6-4-5-7-9-11-13-15/h15-18H,3-14H2,1-2H3/t16?,17-,18-/m1/s1. The van der Waals surface area contributed by atoms with Crippen LogP contribution >= 0.6 is 0 Å².